The number of carbonyl (C=O) groups excluding carboxylic acids is 1. The molecule has 2 N–H and O–H groups in total. The van der Waals surface area contributed by atoms with E-state index in [1.807, 2.05) is 0 Å². The summed E-state index contributed by atoms with van der Waals surface area (Å²) < 4.78 is 21.4. The molecule has 8 nitrogen and oxygen atoms in total. The number of anilines is 1. The lowest BCUT2D eigenvalue weighted by Crippen LogP contribution is -2.13. The Labute approximate surface area is 171 Å². The van der Waals surface area contributed by atoms with Gasteiger partial charge in [0, 0.05) is 23.9 Å². The molecule has 0 aliphatic heterocycles. The average Bonchev–Trinajstić information content (AvgIpc) is 3.32. The number of H-pyrrole nitrogens is 1. The van der Waals surface area contributed by atoms with Crippen LogP contribution in [-0.4, -0.2) is 37.8 Å². The second kappa shape index (κ2) is 6.94. The maximum absolute atomic E-state index is 14.6. The normalized spacial score (nSPS) is 13.6. The minimum atomic E-state index is -0.437. The number of hydrogen-bond acceptors (Lipinski definition) is 5. The van der Waals surface area contributed by atoms with Gasteiger partial charge >= 0.3 is 0 Å². The molecule has 1 aromatic carbocycles. The van der Waals surface area contributed by atoms with E-state index in [1.165, 1.54) is 12.3 Å². The topological polar surface area (TPSA) is 97.2 Å². The number of ether oxygens (including phenoxy) is 1. The SMILES string of the molecule is COc1ccn2ncc(C(=O)Nc3cc(-c4n[nH]c(C5CC5)n4)c(F)cc3C)c2c1. The monoisotopic (exact) mass is 406 g/mol. The third-order valence-corrected chi connectivity index (χ3v) is 5.24. The smallest absolute Gasteiger partial charge is 0.259 e. The number of halogens is 1. The van der Waals surface area contributed by atoms with Crippen LogP contribution in [-0.2, 0) is 0 Å². The molecular weight excluding hydrogens is 387 g/mol. The van der Waals surface area contributed by atoms with Gasteiger partial charge in [-0.05, 0) is 43.5 Å². The van der Waals surface area contributed by atoms with Crippen LogP contribution in [0.15, 0.2) is 36.7 Å². The van der Waals surface area contributed by atoms with Gasteiger partial charge in [0.15, 0.2) is 5.82 Å². The van der Waals surface area contributed by atoms with Crippen LogP contribution in [0.5, 0.6) is 5.75 Å². The van der Waals surface area contributed by atoms with Gasteiger partial charge in [-0.2, -0.15) is 10.2 Å². The molecule has 0 bridgehead atoms. The number of nitrogens with one attached hydrogen (secondary N) is 2. The summed E-state index contributed by atoms with van der Waals surface area (Å²) >= 11 is 0. The number of aryl methyl sites for hydroxylation is 1. The van der Waals surface area contributed by atoms with Crippen LogP contribution in [0.2, 0.25) is 0 Å². The number of fused-ring (bicyclic) bond motifs is 1. The number of nitrogens with zero attached hydrogens (tertiary/aromatic N) is 4. The predicted octanol–water partition coefficient (Wildman–Crippen LogP) is 3.71. The maximum Gasteiger partial charge on any atom is 0.259 e. The van der Waals surface area contributed by atoms with Gasteiger partial charge in [-0.25, -0.2) is 13.9 Å². The Bertz CT molecular complexity index is 1270. The highest BCUT2D eigenvalue weighted by Crippen LogP contribution is 2.38. The lowest BCUT2D eigenvalue weighted by molar-refractivity contribution is 0.102. The number of rotatable bonds is 5. The summed E-state index contributed by atoms with van der Waals surface area (Å²) in [6.07, 6.45) is 5.33. The van der Waals surface area contributed by atoms with E-state index in [0.29, 0.717) is 34.0 Å². The molecule has 5 rings (SSSR count). The van der Waals surface area contributed by atoms with Crippen LogP contribution in [0, 0.1) is 12.7 Å². The number of aromatic amines is 1. The number of benzene rings is 1. The summed E-state index contributed by atoms with van der Waals surface area (Å²) in [7, 11) is 1.56. The van der Waals surface area contributed by atoms with Crippen molar-refractivity contribution in [2.45, 2.75) is 25.7 Å². The summed E-state index contributed by atoms with van der Waals surface area (Å²) in [4.78, 5) is 17.4. The fourth-order valence-electron chi connectivity index (χ4n) is 3.37. The van der Waals surface area contributed by atoms with E-state index in [2.05, 4.69) is 25.6 Å². The standard InChI is InChI=1S/C21H19FN6O2/c1-11-7-16(22)14(20-25-19(26-27-20)12-3-4-12)9-17(11)24-21(29)15-10-23-28-6-5-13(30-2)8-18(15)28/h5-10,12H,3-4H2,1-2H3,(H,24,29)(H,25,26,27). The molecule has 3 heterocycles. The van der Waals surface area contributed by atoms with Gasteiger partial charge in [-0.1, -0.05) is 0 Å². The van der Waals surface area contributed by atoms with Crippen LogP contribution in [0.4, 0.5) is 10.1 Å². The van der Waals surface area contributed by atoms with Crippen LogP contribution < -0.4 is 10.1 Å². The van der Waals surface area contributed by atoms with Gasteiger partial charge < -0.3 is 10.1 Å². The molecule has 3 aromatic heterocycles. The van der Waals surface area contributed by atoms with Crippen LogP contribution in [0.25, 0.3) is 16.9 Å². The third-order valence-electron chi connectivity index (χ3n) is 5.24. The summed E-state index contributed by atoms with van der Waals surface area (Å²) in [5.74, 6) is 1.27. The van der Waals surface area contributed by atoms with E-state index >= 15 is 0 Å². The Kier molecular flexibility index (Phi) is 4.23. The van der Waals surface area contributed by atoms with Crippen molar-refractivity contribution in [3.63, 3.8) is 0 Å². The molecular formula is C21H19FN6O2. The zero-order valence-corrected chi connectivity index (χ0v) is 16.4. The molecule has 0 saturated heterocycles. The molecule has 1 saturated carbocycles. The molecule has 1 aliphatic carbocycles. The summed E-state index contributed by atoms with van der Waals surface area (Å²) in [6.45, 7) is 1.73. The van der Waals surface area contributed by atoms with Gasteiger partial charge in [-0.15, -0.1) is 0 Å². The van der Waals surface area contributed by atoms with Crippen molar-refractivity contribution >= 4 is 17.1 Å². The lowest BCUT2D eigenvalue weighted by Gasteiger charge is -2.10. The van der Waals surface area contributed by atoms with Crippen LogP contribution >= 0.6 is 0 Å². The van der Waals surface area contributed by atoms with E-state index in [9.17, 15) is 9.18 Å². The van der Waals surface area contributed by atoms with Crippen molar-refractivity contribution < 1.29 is 13.9 Å². The number of hydrogen-bond donors (Lipinski definition) is 2. The van der Waals surface area contributed by atoms with Crippen molar-refractivity contribution in [2.75, 3.05) is 12.4 Å². The minimum absolute atomic E-state index is 0.237. The number of carbonyl (C=O) groups is 1. The fourth-order valence-corrected chi connectivity index (χ4v) is 3.37. The van der Waals surface area contributed by atoms with Crippen LogP contribution in [0.3, 0.4) is 0 Å². The summed E-state index contributed by atoms with van der Waals surface area (Å²) in [5.41, 5.74) is 2.30. The first-order valence-electron chi connectivity index (χ1n) is 9.59. The zero-order valence-electron chi connectivity index (χ0n) is 16.4. The first kappa shape index (κ1) is 18.3. The van der Waals surface area contributed by atoms with Gasteiger partial charge in [0.25, 0.3) is 5.91 Å². The van der Waals surface area contributed by atoms with Crippen molar-refractivity contribution in [3.8, 4) is 17.1 Å². The number of methoxy groups -OCH3 is 1. The number of pyridine rings is 1. The Morgan fingerprint density at radius 2 is 2.17 bits per heavy atom. The highest BCUT2D eigenvalue weighted by Gasteiger charge is 2.28. The second-order valence-corrected chi connectivity index (χ2v) is 7.37. The van der Waals surface area contributed by atoms with E-state index in [-0.39, 0.29) is 17.3 Å². The molecule has 0 radical (unpaired) electrons. The third kappa shape index (κ3) is 3.18. The first-order chi connectivity index (χ1) is 14.5. The van der Waals surface area contributed by atoms with E-state index in [4.69, 9.17) is 4.74 Å². The highest BCUT2D eigenvalue weighted by molar-refractivity contribution is 6.09. The molecule has 0 atom stereocenters. The predicted molar refractivity (Wildman–Crippen MR) is 108 cm³/mol. The molecule has 9 heteroatoms. The van der Waals surface area contributed by atoms with Gasteiger partial charge in [-0.3, -0.25) is 9.89 Å². The van der Waals surface area contributed by atoms with Gasteiger partial charge in [0.1, 0.15) is 17.4 Å². The van der Waals surface area contributed by atoms with E-state index in [0.717, 1.165) is 18.7 Å². The first-order valence-corrected chi connectivity index (χ1v) is 9.59. The van der Waals surface area contributed by atoms with E-state index in [1.54, 1.807) is 42.9 Å². The Morgan fingerprint density at radius 1 is 1.33 bits per heavy atom. The maximum atomic E-state index is 14.6. The van der Waals surface area contributed by atoms with Crippen molar-refractivity contribution in [1.29, 1.82) is 0 Å². The zero-order chi connectivity index (χ0) is 20.8. The lowest BCUT2D eigenvalue weighted by atomic mass is 10.1. The summed E-state index contributed by atoms with van der Waals surface area (Å²) in [5, 5.41) is 14.1. The Balaban J connectivity index is 1.47. The molecule has 30 heavy (non-hydrogen) atoms. The molecule has 1 aliphatic rings. The van der Waals surface area contributed by atoms with Crippen molar-refractivity contribution in [1.82, 2.24) is 24.8 Å². The van der Waals surface area contributed by atoms with Crippen LogP contribution in [0.1, 0.15) is 40.5 Å². The van der Waals surface area contributed by atoms with Gasteiger partial charge in [0.05, 0.1) is 30.0 Å². The van der Waals surface area contributed by atoms with E-state index < -0.39 is 5.82 Å². The molecule has 4 aromatic rings. The second-order valence-electron chi connectivity index (χ2n) is 7.37. The Hall–Kier alpha value is -3.75. The average molecular weight is 406 g/mol. The largest absolute Gasteiger partial charge is 0.497 e. The highest BCUT2D eigenvalue weighted by atomic mass is 19.1. The molecule has 0 spiro atoms. The molecule has 152 valence electrons. The van der Waals surface area contributed by atoms with Crippen molar-refractivity contribution in [3.05, 3.63) is 59.4 Å². The Morgan fingerprint density at radius 3 is 2.93 bits per heavy atom. The molecule has 0 unspecified atom stereocenters. The molecule has 1 amide bonds. The minimum Gasteiger partial charge on any atom is -0.497 e. The van der Waals surface area contributed by atoms with Gasteiger partial charge in [0.2, 0.25) is 0 Å². The quantitative estimate of drug-likeness (QED) is 0.527. The number of aromatic nitrogens is 5. The number of amides is 1. The fraction of sp³-hybridized carbons (Fsp3) is 0.238. The summed E-state index contributed by atoms with van der Waals surface area (Å²) in [6, 6.07) is 6.43. The van der Waals surface area contributed by atoms with Crippen molar-refractivity contribution in [2.24, 2.45) is 0 Å². The molecule has 1 fully saturated rings.